The van der Waals surface area contributed by atoms with Crippen molar-refractivity contribution in [2.75, 3.05) is 72.7 Å². The molecule has 0 amide bonds. The van der Waals surface area contributed by atoms with Crippen molar-refractivity contribution in [1.29, 1.82) is 0 Å². The van der Waals surface area contributed by atoms with Gasteiger partial charge >= 0.3 is 0 Å². The highest BCUT2D eigenvalue weighted by Gasteiger charge is 2.19. The lowest BCUT2D eigenvalue weighted by atomic mass is 10.2. The van der Waals surface area contributed by atoms with Gasteiger partial charge in [0.05, 0.1) is 26.4 Å². The van der Waals surface area contributed by atoms with E-state index in [0.29, 0.717) is 6.04 Å². The van der Waals surface area contributed by atoms with Crippen molar-refractivity contribution in [3.05, 3.63) is 0 Å². The maximum Gasteiger partial charge on any atom is 0.0594 e. The quantitative estimate of drug-likeness (QED) is 0.687. The van der Waals surface area contributed by atoms with E-state index in [2.05, 4.69) is 22.2 Å². The monoisotopic (exact) mass is 243 g/mol. The number of ether oxygens (including phenoxy) is 2. The molecule has 0 aromatic carbocycles. The second-order valence-corrected chi connectivity index (χ2v) is 4.81. The minimum Gasteiger partial charge on any atom is -0.379 e. The largest absolute Gasteiger partial charge is 0.379 e. The van der Waals surface area contributed by atoms with Crippen LogP contribution in [0.25, 0.3) is 0 Å². The predicted octanol–water partition coefficient (Wildman–Crippen LogP) is -0.761. The minimum absolute atomic E-state index is 0.547. The molecule has 0 aromatic rings. The van der Waals surface area contributed by atoms with Crippen LogP contribution in [0.5, 0.6) is 0 Å². The molecule has 2 aliphatic heterocycles. The molecule has 5 heteroatoms. The summed E-state index contributed by atoms with van der Waals surface area (Å²) in [5, 5.41) is 3.43. The van der Waals surface area contributed by atoms with Crippen LogP contribution in [0.2, 0.25) is 0 Å². The fourth-order valence-corrected chi connectivity index (χ4v) is 2.43. The number of rotatable bonds is 5. The lowest BCUT2D eigenvalue weighted by Crippen LogP contribution is -2.51. The first-order chi connectivity index (χ1) is 8.38. The topological polar surface area (TPSA) is 37.0 Å². The van der Waals surface area contributed by atoms with Gasteiger partial charge in [-0.05, 0) is 7.05 Å². The summed E-state index contributed by atoms with van der Waals surface area (Å²) in [4.78, 5) is 4.98. The van der Waals surface area contributed by atoms with E-state index in [-0.39, 0.29) is 0 Å². The lowest BCUT2D eigenvalue weighted by molar-refractivity contribution is 0.0183. The second kappa shape index (κ2) is 7.28. The summed E-state index contributed by atoms with van der Waals surface area (Å²) in [6, 6.07) is 0.547. The van der Waals surface area contributed by atoms with Gasteiger partial charge in [0, 0.05) is 45.3 Å². The zero-order valence-corrected chi connectivity index (χ0v) is 10.9. The summed E-state index contributed by atoms with van der Waals surface area (Å²) in [7, 11) is 2.06. The summed E-state index contributed by atoms with van der Waals surface area (Å²) in [6.07, 6.45) is 0. The Morgan fingerprint density at radius 2 is 1.29 bits per heavy atom. The first-order valence-electron chi connectivity index (χ1n) is 6.66. The smallest absolute Gasteiger partial charge is 0.0594 e. The molecule has 100 valence electrons. The first-order valence-corrected chi connectivity index (χ1v) is 6.66. The predicted molar refractivity (Wildman–Crippen MR) is 67.4 cm³/mol. The van der Waals surface area contributed by atoms with Crippen LogP contribution in [-0.2, 0) is 9.47 Å². The van der Waals surface area contributed by atoms with Gasteiger partial charge in [-0.3, -0.25) is 9.80 Å². The second-order valence-electron chi connectivity index (χ2n) is 4.81. The minimum atomic E-state index is 0.547. The van der Waals surface area contributed by atoms with E-state index in [1.807, 2.05) is 0 Å². The molecule has 0 aliphatic carbocycles. The van der Waals surface area contributed by atoms with E-state index >= 15 is 0 Å². The van der Waals surface area contributed by atoms with Crippen LogP contribution in [-0.4, -0.2) is 88.6 Å². The van der Waals surface area contributed by atoms with E-state index in [1.54, 1.807) is 0 Å². The molecule has 0 radical (unpaired) electrons. The number of likely N-dealkylation sites (N-methyl/N-ethyl adjacent to an activating group) is 1. The van der Waals surface area contributed by atoms with Crippen LogP contribution in [0, 0.1) is 0 Å². The maximum absolute atomic E-state index is 5.38. The maximum atomic E-state index is 5.38. The molecule has 0 atom stereocenters. The summed E-state index contributed by atoms with van der Waals surface area (Å²) in [6.45, 7) is 10.1. The molecule has 17 heavy (non-hydrogen) atoms. The molecule has 2 fully saturated rings. The van der Waals surface area contributed by atoms with E-state index in [9.17, 15) is 0 Å². The van der Waals surface area contributed by atoms with Crippen molar-refractivity contribution >= 4 is 0 Å². The molecule has 2 rings (SSSR count). The third-order valence-electron chi connectivity index (χ3n) is 3.57. The molecular formula is C12H25N3O2. The normalized spacial score (nSPS) is 24.4. The van der Waals surface area contributed by atoms with Gasteiger partial charge in [0.1, 0.15) is 0 Å². The van der Waals surface area contributed by atoms with Crippen LogP contribution < -0.4 is 5.32 Å². The van der Waals surface area contributed by atoms with Gasteiger partial charge in [0.25, 0.3) is 0 Å². The molecular weight excluding hydrogens is 218 g/mol. The summed E-state index contributed by atoms with van der Waals surface area (Å²) in [5.41, 5.74) is 0. The van der Waals surface area contributed by atoms with Crippen molar-refractivity contribution in [2.45, 2.75) is 6.04 Å². The molecule has 0 aromatic heterocycles. The van der Waals surface area contributed by atoms with Gasteiger partial charge in [-0.2, -0.15) is 0 Å². The molecule has 1 N–H and O–H groups in total. The third-order valence-corrected chi connectivity index (χ3v) is 3.57. The standard InChI is InChI=1S/C12H25N3O2/c1-13-12(10-14-2-6-16-7-3-14)11-15-4-8-17-9-5-15/h12-13H,2-11H2,1H3. The molecule has 2 aliphatic rings. The average Bonchev–Trinajstić information content (AvgIpc) is 2.40. The van der Waals surface area contributed by atoms with Crippen LogP contribution in [0.15, 0.2) is 0 Å². The van der Waals surface area contributed by atoms with Gasteiger partial charge in [-0.15, -0.1) is 0 Å². The number of nitrogens with zero attached hydrogens (tertiary/aromatic N) is 2. The van der Waals surface area contributed by atoms with Crippen molar-refractivity contribution in [3.63, 3.8) is 0 Å². The zero-order valence-electron chi connectivity index (χ0n) is 10.9. The summed E-state index contributed by atoms with van der Waals surface area (Å²) < 4.78 is 10.8. The van der Waals surface area contributed by atoms with Crippen LogP contribution >= 0.6 is 0 Å². The first kappa shape index (κ1) is 13.2. The Kier molecular flexibility index (Phi) is 5.67. The molecule has 0 bridgehead atoms. The van der Waals surface area contributed by atoms with Crippen LogP contribution in [0.3, 0.4) is 0 Å². The van der Waals surface area contributed by atoms with Gasteiger partial charge in [-0.25, -0.2) is 0 Å². The van der Waals surface area contributed by atoms with Gasteiger partial charge in [0.15, 0.2) is 0 Å². The summed E-state index contributed by atoms with van der Waals surface area (Å²) >= 11 is 0. The molecule has 0 spiro atoms. The van der Waals surface area contributed by atoms with Crippen LogP contribution in [0.1, 0.15) is 0 Å². The highest BCUT2D eigenvalue weighted by Crippen LogP contribution is 2.02. The Balaban J connectivity index is 1.71. The highest BCUT2D eigenvalue weighted by molar-refractivity contribution is 4.77. The number of morpholine rings is 2. The van der Waals surface area contributed by atoms with Gasteiger partial charge < -0.3 is 14.8 Å². The lowest BCUT2D eigenvalue weighted by Gasteiger charge is -2.34. The van der Waals surface area contributed by atoms with E-state index in [4.69, 9.17) is 9.47 Å². The Morgan fingerprint density at radius 3 is 1.65 bits per heavy atom. The summed E-state index contributed by atoms with van der Waals surface area (Å²) in [5.74, 6) is 0. The third kappa shape index (κ3) is 4.52. The van der Waals surface area contributed by atoms with E-state index < -0.39 is 0 Å². The molecule has 0 unspecified atom stereocenters. The fraction of sp³-hybridized carbons (Fsp3) is 1.00. The van der Waals surface area contributed by atoms with Crippen LogP contribution in [0.4, 0.5) is 0 Å². The molecule has 2 saturated heterocycles. The number of hydrogen-bond donors (Lipinski definition) is 1. The Hall–Kier alpha value is -0.200. The zero-order chi connectivity index (χ0) is 11.9. The number of nitrogens with one attached hydrogen (secondary N) is 1. The van der Waals surface area contributed by atoms with Gasteiger partial charge in [0.2, 0.25) is 0 Å². The Morgan fingerprint density at radius 1 is 0.882 bits per heavy atom. The van der Waals surface area contributed by atoms with Gasteiger partial charge in [-0.1, -0.05) is 0 Å². The molecule has 2 heterocycles. The van der Waals surface area contributed by atoms with Crippen molar-refractivity contribution in [2.24, 2.45) is 0 Å². The van der Waals surface area contributed by atoms with Crippen molar-refractivity contribution in [1.82, 2.24) is 15.1 Å². The Labute approximate surface area is 104 Å². The highest BCUT2D eigenvalue weighted by atomic mass is 16.5. The van der Waals surface area contributed by atoms with Crippen molar-refractivity contribution < 1.29 is 9.47 Å². The van der Waals surface area contributed by atoms with E-state index in [0.717, 1.165) is 65.7 Å². The fourth-order valence-electron chi connectivity index (χ4n) is 2.43. The molecule has 5 nitrogen and oxygen atoms in total. The SMILES string of the molecule is CNC(CN1CCOCC1)CN1CCOCC1. The number of hydrogen-bond acceptors (Lipinski definition) is 5. The Bertz CT molecular complexity index is 184. The van der Waals surface area contributed by atoms with Crippen molar-refractivity contribution in [3.8, 4) is 0 Å². The molecule has 0 saturated carbocycles. The average molecular weight is 243 g/mol. The van der Waals surface area contributed by atoms with E-state index in [1.165, 1.54) is 0 Å².